The summed E-state index contributed by atoms with van der Waals surface area (Å²) in [7, 11) is 0. The van der Waals surface area contributed by atoms with Crippen molar-refractivity contribution in [2.45, 2.75) is 123 Å². The highest BCUT2D eigenvalue weighted by molar-refractivity contribution is 5.10. The molecule has 1 heterocycles. The van der Waals surface area contributed by atoms with Gasteiger partial charge in [-0.15, -0.1) is 0 Å². The van der Waals surface area contributed by atoms with Crippen LogP contribution >= 0.6 is 0 Å². The molecule has 190 valence electrons. The summed E-state index contributed by atoms with van der Waals surface area (Å²) in [5.41, 5.74) is 0.543. The summed E-state index contributed by atoms with van der Waals surface area (Å²) in [6, 6.07) is 0. The summed E-state index contributed by atoms with van der Waals surface area (Å²) in [4.78, 5) is 0. The summed E-state index contributed by atoms with van der Waals surface area (Å²) in [6.07, 6.45) is 15.8. The number of ether oxygens (including phenoxy) is 1. The van der Waals surface area contributed by atoms with Crippen LogP contribution in [0.4, 0.5) is 0 Å². The average molecular weight is 461 g/mol. The standard InChI is InChI=1S/C30H52O3/c1-20(5-10-27(31)21-12-17-33-18-13-21)24-8-9-25-23-7-6-22-19-28(2,32)15-16-29(22,3)26(23)11-14-30(24,25)4/h20-27,31-32H,5-19H2,1-4H3/t20-,22+,23+,24-,25+,26+,27-,28+,29+,30-/m1/s1. The number of hydrogen-bond donors (Lipinski definition) is 2. The summed E-state index contributed by atoms with van der Waals surface area (Å²) in [6.45, 7) is 11.5. The average Bonchev–Trinajstić information content (AvgIpc) is 3.15. The van der Waals surface area contributed by atoms with Crippen molar-refractivity contribution < 1.29 is 14.9 Å². The van der Waals surface area contributed by atoms with E-state index >= 15 is 0 Å². The van der Waals surface area contributed by atoms with Gasteiger partial charge in [-0.25, -0.2) is 0 Å². The molecule has 0 aromatic rings. The molecule has 0 aromatic heterocycles. The predicted octanol–water partition coefficient (Wildman–Crippen LogP) is 6.60. The fraction of sp³-hybridized carbons (Fsp3) is 1.00. The Balaban J connectivity index is 1.23. The molecule has 3 heteroatoms. The fourth-order valence-electron chi connectivity index (χ4n) is 10.4. The molecule has 0 spiro atoms. The first kappa shape index (κ1) is 24.6. The van der Waals surface area contributed by atoms with Gasteiger partial charge in [-0.1, -0.05) is 20.8 Å². The van der Waals surface area contributed by atoms with Crippen LogP contribution in [-0.2, 0) is 4.74 Å². The minimum absolute atomic E-state index is 0.129. The van der Waals surface area contributed by atoms with E-state index in [1.807, 2.05) is 0 Å². The lowest BCUT2D eigenvalue weighted by molar-refractivity contribution is -0.148. The molecule has 5 fully saturated rings. The first-order valence-corrected chi connectivity index (χ1v) is 14.6. The normalized spacial score (nSPS) is 50.2. The lowest BCUT2D eigenvalue weighted by Crippen LogP contribution is -2.55. The molecule has 1 saturated heterocycles. The lowest BCUT2D eigenvalue weighted by atomic mass is 9.43. The highest BCUT2D eigenvalue weighted by atomic mass is 16.5. The van der Waals surface area contributed by atoms with Crippen molar-refractivity contribution in [3.8, 4) is 0 Å². The van der Waals surface area contributed by atoms with Crippen molar-refractivity contribution >= 4 is 0 Å². The molecule has 4 aliphatic carbocycles. The van der Waals surface area contributed by atoms with Crippen LogP contribution in [0.1, 0.15) is 111 Å². The molecule has 0 radical (unpaired) electrons. The molecule has 0 unspecified atom stereocenters. The Bertz CT molecular complexity index is 684. The van der Waals surface area contributed by atoms with Crippen molar-refractivity contribution in [1.29, 1.82) is 0 Å². The van der Waals surface area contributed by atoms with Crippen molar-refractivity contribution in [3.63, 3.8) is 0 Å². The predicted molar refractivity (Wildman–Crippen MR) is 134 cm³/mol. The van der Waals surface area contributed by atoms with E-state index in [4.69, 9.17) is 4.74 Å². The molecule has 5 aliphatic rings. The molecule has 0 aromatic carbocycles. The Kier molecular flexibility index (Phi) is 6.76. The van der Waals surface area contributed by atoms with E-state index < -0.39 is 5.60 Å². The maximum Gasteiger partial charge on any atom is 0.0622 e. The summed E-state index contributed by atoms with van der Waals surface area (Å²) < 4.78 is 5.50. The third-order valence-corrected chi connectivity index (χ3v) is 12.4. The first-order valence-electron chi connectivity index (χ1n) is 14.6. The van der Waals surface area contributed by atoms with Gasteiger partial charge in [0.25, 0.3) is 0 Å². The Labute approximate surface area is 203 Å². The Morgan fingerprint density at radius 1 is 0.818 bits per heavy atom. The molecule has 10 atom stereocenters. The smallest absolute Gasteiger partial charge is 0.0622 e. The first-order chi connectivity index (χ1) is 15.6. The van der Waals surface area contributed by atoms with E-state index in [1.165, 1.54) is 51.4 Å². The van der Waals surface area contributed by atoms with Crippen LogP contribution in [0.5, 0.6) is 0 Å². The number of fused-ring (bicyclic) bond motifs is 5. The van der Waals surface area contributed by atoms with Crippen LogP contribution in [-0.4, -0.2) is 35.1 Å². The minimum atomic E-state index is -0.427. The highest BCUT2D eigenvalue weighted by Gasteiger charge is 2.61. The van der Waals surface area contributed by atoms with E-state index in [1.54, 1.807) is 0 Å². The van der Waals surface area contributed by atoms with E-state index in [0.29, 0.717) is 16.7 Å². The van der Waals surface area contributed by atoms with Gasteiger partial charge in [0.05, 0.1) is 11.7 Å². The Morgan fingerprint density at radius 2 is 1.55 bits per heavy atom. The molecule has 4 saturated carbocycles. The molecule has 5 rings (SSSR count). The van der Waals surface area contributed by atoms with Crippen LogP contribution in [0.3, 0.4) is 0 Å². The van der Waals surface area contributed by atoms with Crippen LogP contribution in [0, 0.1) is 52.3 Å². The second-order valence-electron chi connectivity index (χ2n) is 14.2. The number of hydrogen-bond acceptors (Lipinski definition) is 3. The number of aliphatic hydroxyl groups is 2. The van der Waals surface area contributed by atoms with Crippen molar-refractivity contribution in [3.05, 3.63) is 0 Å². The molecule has 33 heavy (non-hydrogen) atoms. The molecular formula is C30H52O3. The lowest BCUT2D eigenvalue weighted by Gasteiger charge is -2.62. The fourth-order valence-corrected chi connectivity index (χ4v) is 10.4. The topological polar surface area (TPSA) is 49.7 Å². The van der Waals surface area contributed by atoms with Gasteiger partial charge < -0.3 is 14.9 Å². The van der Waals surface area contributed by atoms with Gasteiger partial charge in [0, 0.05) is 13.2 Å². The zero-order valence-electron chi connectivity index (χ0n) is 22.0. The molecule has 2 N–H and O–H groups in total. The molecule has 0 amide bonds. The van der Waals surface area contributed by atoms with Gasteiger partial charge in [0.1, 0.15) is 0 Å². The number of rotatable bonds is 5. The van der Waals surface area contributed by atoms with Crippen molar-refractivity contribution in [2.24, 2.45) is 52.3 Å². The zero-order valence-corrected chi connectivity index (χ0v) is 22.0. The second kappa shape index (κ2) is 9.07. The van der Waals surface area contributed by atoms with E-state index in [9.17, 15) is 10.2 Å². The quantitative estimate of drug-likeness (QED) is 0.486. The van der Waals surface area contributed by atoms with E-state index in [2.05, 4.69) is 27.7 Å². The van der Waals surface area contributed by atoms with Gasteiger partial charge in [-0.2, -0.15) is 0 Å². The minimum Gasteiger partial charge on any atom is -0.393 e. The van der Waals surface area contributed by atoms with Crippen LogP contribution in [0.2, 0.25) is 0 Å². The van der Waals surface area contributed by atoms with E-state index in [0.717, 1.165) is 80.8 Å². The van der Waals surface area contributed by atoms with Crippen molar-refractivity contribution in [1.82, 2.24) is 0 Å². The Hall–Kier alpha value is -0.120. The molecule has 0 bridgehead atoms. The monoisotopic (exact) mass is 460 g/mol. The maximum atomic E-state index is 10.8. The number of aliphatic hydroxyl groups excluding tert-OH is 1. The largest absolute Gasteiger partial charge is 0.393 e. The van der Waals surface area contributed by atoms with Crippen LogP contribution < -0.4 is 0 Å². The van der Waals surface area contributed by atoms with Gasteiger partial charge in [0.15, 0.2) is 0 Å². The molecular weight excluding hydrogens is 408 g/mol. The SMILES string of the molecule is C[C@H](CC[C@@H](O)C1CCOCC1)[C@H]1CC[C@H]2[C@@H]3CC[C@H]4C[C@@](C)(O)CC[C@]4(C)[C@H]3CC[C@]12C. The third kappa shape index (κ3) is 4.35. The highest BCUT2D eigenvalue weighted by Crippen LogP contribution is 2.68. The van der Waals surface area contributed by atoms with Gasteiger partial charge in [0.2, 0.25) is 0 Å². The van der Waals surface area contributed by atoms with Gasteiger partial charge in [-0.05, 0) is 143 Å². The third-order valence-electron chi connectivity index (χ3n) is 12.4. The van der Waals surface area contributed by atoms with Gasteiger partial charge >= 0.3 is 0 Å². The maximum absolute atomic E-state index is 10.8. The second-order valence-corrected chi connectivity index (χ2v) is 14.2. The Morgan fingerprint density at radius 3 is 2.30 bits per heavy atom. The van der Waals surface area contributed by atoms with E-state index in [-0.39, 0.29) is 6.10 Å². The molecule has 3 nitrogen and oxygen atoms in total. The summed E-state index contributed by atoms with van der Waals surface area (Å²) in [5.74, 6) is 5.46. The van der Waals surface area contributed by atoms with Crippen LogP contribution in [0.25, 0.3) is 0 Å². The van der Waals surface area contributed by atoms with Gasteiger partial charge in [-0.3, -0.25) is 0 Å². The zero-order chi connectivity index (χ0) is 23.4. The van der Waals surface area contributed by atoms with Crippen LogP contribution in [0.15, 0.2) is 0 Å². The molecule has 1 aliphatic heterocycles. The van der Waals surface area contributed by atoms with Crippen molar-refractivity contribution in [2.75, 3.05) is 13.2 Å². The summed E-state index contributed by atoms with van der Waals surface area (Å²) >= 11 is 0. The summed E-state index contributed by atoms with van der Waals surface area (Å²) in [5, 5.41) is 21.6.